The summed E-state index contributed by atoms with van der Waals surface area (Å²) < 4.78 is 13.0. The summed E-state index contributed by atoms with van der Waals surface area (Å²) in [5.74, 6) is 0.867. The molecule has 2 heterocycles. The first-order valence-electron chi connectivity index (χ1n) is 6.97. The summed E-state index contributed by atoms with van der Waals surface area (Å²) in [4.78, 5) is 4.39. The summed E-state index contributed by atoms with van der Waals surface area (Å²) in [7, 11) is 1.68. The maximum atomic E-state index is 5.65. The van der Waals surface area contributed by atoms with Gasteiger partial charge < -0.3 is 14.0 Å². The first kappa shape index (κ1) is 13.9. The smallest absolute Gasteiger partial charge is 0.121 e. The number of imidazole rings is 1. The Kier molecular flexibility index (Phi) is 4.80. The fourth-order valence-electron chi connectivity index (χ4n) is 2.32. The molecular formula is C15H22N2O2. The van der Waals surface area contributed by atoms with Crippen molar-refractivity contribution in [2.75, 3.05) is 13.7 Å². The predicted molar refractivity (Wildman–Crippen MR) is 76.6 cm³/mol. The molecule has 0 bridgehead atoms. The number of hydrogen-bond acceptors (Lipinski definition) is 3. The molecule has 1 aliphatic heterocycles. The molecular weight excluding hydrogens is 240 g/mol. The molecule has 104 valence electrons. The van der Waals surface area contributed by atoms with Gasteiger partial charge in [0.2, 0.25) is 0 Å². The van der Waals surface area contributed by atoms with Crippen molar-refractivity contribution in [2.45, 2.75) is 39.3 Å². The number of benzene rings is 1. The van der Waals surface area contributed by atoms with Gasteiger partial charge in [-0.1, -0.05) is 13.8 Å². The minimum Gasteiger partial charge on any atom is -0.497 e. The molecule has 1 aromatic carbocycles. The van der Waals surface area contributed by atoms with Gasteiger partial charge in [0, 0.05) is 12.7 Å². The van der Waals surface area contributed by atoms with Crippen molar-refractivity contribution in [3.05, 3.63) is 24.5 Å². The van der Waals surface area contributed by atoms with Gasteiger partial charge in [0.25, 0.3) is 0 Å². The van der Waals surface area contributed by atoms with E-state index >= 15 is 0 Å². The number of methoxy groups -OCH3 is 1. The number of aromatic nitrogens is 2. The van der Waals surface area contributed by atoms with Gasteiger partial charge in [-0.2, -0.15) is 0 Å². The van der Waals surface area contributed by atoms with E-state index in [0.29, 0.717) is 6.10 Å². The third-order valence-electron chi connectivity index (χ3n) is 3.25. The molecule has 0 N–H and O–H groups in total. The van der Waals surface area contributed by atoms with E-state index in [9.17, 15) is 0 Å². The molecule has 19 heavy (non-hydrogen) atoms. The zero-order valence-corrected chi connectivity index (χ0v) is 11.9. The molecule has 0 radical (unpaired) electrons. The van der Waals surface area contributed by atoms with E-state index in [-0.39, 0.29) is 0 Å². The van der Waals surface area contributed by atoms with Crippen molar-refractivity contribution >= 4 is 11.0 Å². The third-order valence-corrected chi connectivity index (χ3v) is 3.25. The lowest BCUT2D eigenvalue weighted by Gasteiger charge is -2.11. The summed E-state index contributed by atoms with van der Waals surface area (Å²) in [6, 6.07) is 5.95. The average Bonchev–Trinajstić information content (AvgIpc) is 3.11. The molecule has 0 aliphatic carbocycles. The fraction of sp³-hybridized carbons (Fsp3) is 0.533. The van der Waals surface area contributed by atoms with Gasteiger partial charge in [-0.25, -0.2) is 4.98 Å². The Morgan fingerprint density at radius 1 is 1.42 bits per heavy atom. The second-order valence-corrected chi connectivity index (χ2v) is 4.39. The van der Waals surface area contributed by atoms with Crippen molar-refractivity contribution in [1.29, 1.82) is 0 Å². The van der Waals surface area contributed by atoms with Gasteiger partial charge in [0.15, 0.2) is 0 Å². The van der Waals surface area contributed by atoms with Gasteiger partial charge >= 0.3 is 0 Å². The minimum atomic E-state index is 0.332. The van der Waals surface area contributed by atoms with Gasteiger partial charge in [-0.3, -0.25) is 0 Å². The van der Waals surface area contributed by atoms with E-state index < -0.39 is 0 Å². The summed E-state index contributed by atoms with van der Waals surface area (Å²) in [6.45, 7) is 5.77. The Morgan fingerprint density at radius 3 is 2.95 bits per heavy atom. The number of hydrogen-bond donors (Lipinski definition) is 0. The number of rotatable bonds is 3. The van der Waals surface area contributed by atoms with Crippen LogP contribution >= 0.6 is 0 Å². The lowest BCUT2D eigenvalue weighted by atomic mass is 10.2. The van der Waals surface area contributed by atoms with Crippen LogP contribution in [0.4, 0.5) is 0 Å². The lowest BCUT2D eigenvalue weighted by molar-refractivity contribution is 0.0979. The molecule has 2 aromatic rings. The Balaban J connectivity index is 0.000000637. The Hall–Kier alpha value is -1.55. The van der Waals surface area contributed by atoms with Crippen LogP contribution in [0.1, 0.15) is 26.7 Å². The van der Waals surface area contributed by atoms with Crippen LogP contribution in [0, 0.1) is 0 Å². The highest BCUT2D eigenvalue weighted by atomic mass is 16.5. The third kappa shape index (κ3) is 3.07. The Bertz CT molecular complexity index is 516. The Morgan fingerprint density at radius 2 is 2.26 bits per heavy atom. The molecule has 3 rings (SSSR count). The summed E-state index contributed by atoms with van der Waals surface area (Å²) in [5, 5.41) is 0. The molecule has 4 heteroatoms. The van der Waals surface area contributed by atoms with Crippen LogP contribution in [0.5, 0.6) is 5.75 Å². The van der Waals surface area contributed by atoms with E-state index in [0.717, 1.165) is 36.4 Å². The molecule has 1 atom stereocenters. The summed E-state index contributed by atoms with van der Waals surface area (Å²) in [6.07, 6.45) is 4.52. The van der Waals surface area contributed by atoms with Gasteiger partial charge in [-0.15, -0.1) is 0 Å². The topological polar surface area (TPSA) is 36.3 Å². The monoisotopic (exact) mass is 262 g/mol. The predicted octanol–water partition coefficient (Wildman–Crippen LogP) is 3.25. The van der Waals surface area contributed by atoms with Crippen LogP contribution in [0.25, 0.3) is 11.0 Å². The highest BCUT2D eigenvalue weighted by Crippen LogP contribution is 2.22. The largest absolute Gasteiger partial charge is 0.497 e. The molecule has 1 fully saturated rings. The van der Waals surface area contributed by atoms with Crippen LogP contribution < -0.4 is 4.74 Å². The van der Waals surface area contributed by atoms with E-state index in [1.165, 1.54) is 6.42 Å². The quantitative estimate of drug-likeness (QED) is 0.852. The zero-order chi connectivity index (χ0) is 13.7. The van der Waals surface area contributed by atoms with Crippen LogP contribution in [0.15, 0.2) is 24.5 Å². The van der Waals surface area contributed by atoms with Gasteiger partial charge in [0.1, 0.15) is 5.75 Å². The van der Waals surface area contributed by atoms with Gasteiger partial charge in [-0.05, 0) is 25.0 Å². The SMILES string of the molecule is CC.COc1ccc2ncn(CC3CCCO3)c2c1. The lowest BCUT2D eigenvalue weighted by Crippen LogP contribution is -2.14. The van der Waals surface area contributed by atoms with Crippen molar-refractivity contribution in [1.82, 2.24) is 9.55 Å². The number of nitrogens with zero attached hydrogens (tertiary/aromatic N) is 2. The minimum absolute atomic E-state index is 0.332. The van der Waals surface area contributed by atoms with Gasteiger partial charge in [0.05, 0.1) is 37.1 Å². The van der Waals surface area contributed by atoms with Crippen molar-refractivity contribution in [2.24, 2.45) is 0 Å². The van der Waals surface area contributed by atoms with Crippen LogP contribution in [-0.4, -0.2) is 29.4 Å². The highest BCUT2D eigenvalue weighted by molar-refractivity contribution is 5.77. The summed E-state index contributed by atoms with van der Waals surface area (Å²) in [5.41, 5.74) is 2.11. The standard InChI is InChI=1S/C13H16N2O2.C2H6/c1-16-10-4-5-12-13(7-10)15(9-14-12)8-11-3-2-6-17-11;1-2/h4-5,7,9,11H,2-3,6,8H2,1H3;1-2H3. The molecule has 1 unspecified atom stereocenters. The van der Waals surface area contributed by atoms with Crippen molar-refractivity contribution in [3.8, 4) is 5.75 Å². The molecule has 1 aromatic heterocycles. The second kappa shape index (κ2) is 6.57. The van der Waals surface area contributed by atoms with Crippen LogP contribution in [0.2, 0.25) is 0 Å². The normalized spacial score (nSPS) is 18.2. The first-order chi connectivity index (χ1) is 9.36. The molecule has 0 amide bonds. The summed E-state index contributed by atoms with van der Waals surface area (Å²) >= 11 is 0. The number of fused-ring (bicyclic) bond motifs is 1. The van der Waals surface area contributed by atoms with Crippen molar-refractivity contribution in [3.63, 3.8) is 0 Å². The number of ether oxygens (including phenoxy) is 2. The molecule has 1 saturated heterocycles. The maximum absolute atomic E-state index is 5.65. The molecule has 0 spiro atoms. The molecule has 1 aliphatic rings. The molecule has 0 saturated carbocycles. The fourth-order valence-corrected chi connectivity index (χ4v) is 2.32. The average molecular weight is 262 g/mol. The van der Waals surface area contributed by atoms with Crippen LogP contribution in [0.3, 0.4) is 0 Å². The molecule has 4 nitrogen and oxygen atoms in total. The van der Waals surface area contributed by atoms with Crippen molar-refractivity contribution < 1.29 is 9.47 Å². The van der Waals surface area contributed by atoms with E-state index in [2.05, 4.69) is 9.55 Å². The van der Waals surface area contributed by atoms with Crippen LogP contribution in [-0.2, 0) is 11.3 Å². The maximum Gasteiger partial charge on any atom is 0.121 e. The van der Waals surface area contributed by atoms with E-state index in [4.69, 9.17) is 9.47 Å². The first-order valence-corrected chi connectivity index (χ1v) is 6.97. The van der Waals surface area contributed by atoms with E-state index in [1.807, 2.05) is 38.4 Å². The van der Waals surface area contributed by atoms with E-state index in [1.54, 1.807) is 7.11 Å². The highest BCUT2D eigenvalue weighted by Gasteiger charge is 2.17. The Labute approximate surface area is 114 Å². The second-order valence-electron chi connectivity index (χ2n) is 4.39. The zero-order valence-electron chi connectivity index (χ0n) is 11.9.